The van der Waals surface area contributed by atoms with Gasteiger partial charge < -0.3 is 14.9 Å². The van der Waals surface area contributed by atoms with Gasteiger partial charge in [0.15, 0.2) is 6.10 Å². The van der Waals surface area contributed by atoms with Crippen LogP contribution in [-0.2, 0) is 4.79 Å². The maximum atomic E-state index is 11.8. The van der Waals surface area contributed by atoms with Gasteiger partial charge in [-0.1, -0.05) is 30.3 Å². The smallest absolute Gasteiger partial charge is 0.343 e. The van der Waals surface area contributed by atoms with Gasteiger partial charge in [0.1, 0.15) is 5.75 Å². The molecule has 0 spiro atoms. The first-order valence-corrected chi connectivity index (χ1v) is 5.86. The van der Waals surface area contributed by atoms with Crippen LogP contribution in [0, 0.1) is 0 Å². The van der Waals surface area contributed by atoms with E-state index in [1.54, 1.807) is 30.3 Å². The highest BCUT2D eigenvalue weighted by atomic mass is 16.5. The number of carbonyl (C=O) groups is 2. The molecule has 1 atom stereocenters. The summed E-state index contributed by atoms with van der Waals surface area (Å²) >= 11 is 0. The van der Waals surface area contributed by atoms with Crippen molar-refractivity contribution in [3.05, 3.63) is 65.7 Å². The van der Waals surface area contributed by atoms with E-state index in [1.807, 2.05) is 0 Å². The van der Waals surface area contributed by atoms with E-state index in [-0.39, 0.29) is 11.3 Å². The van der Waals surface area contributed by atoms with E-state index in [4.69, 9.17) is 9.84 Å². The lowest BCUT2D eigenvalue weighted by atomic mass is 10.1. The Kier molecular flexibility index (Phi) is 4.12. The summed E-state index contributed by atoms with van der Waals surface area (Å²) in [5.74, 6) is -1.74. The van der Waals surface area contributed by atoms with Gasteiger partial charge in [-0.3, -0.25) is 0 Å². The lowest BCUT2D eigenvalue weighted by Gasteiger charge is -2.08. The van der Waals surface area contributed by atoms with Crippen molar-refractivity contribution in [2.45, 2.75) is 6.10 Å². The van der Waals surface area contributed by atoms with Crippen molar-refractivity contribution in [3.8, 4) is 5.75 Å². The number of hydrogen-bond acceptors (Lipinski definition) is 4. The minimum absolute atomic E-state index is 0.149. The number of ether oxygens (including phenoxy) is 1. The third-order valence-electron chi connectivity index (χ3n) is 2.63. The van der Waals surface area contributed by atoms with Gasteiger partial charge in [0.2, 0.25) is 0 Å². The standard InChI is InChI=1S/C15H12O5/c16-13(14(17)18)11-7-4-8-12(9-11)20-15(19)10-5-2-1-3-6-10/h1-9,13,16H,(H,17,18). The molecule has 0 amide bonds. The molecule has 2 N–H and O–H groups in total. The maximum absolute atomic E-state index is 11.8. The highest BCUT2D eigenvalue weighted by Crippen LogP contribution is 2.20. The molecule has 5 heteroatoms. The molecule has 0 aliphatic heterocycles. The van der Waals surface area contributed by atoms with E-state index in [9.17, 15) is 14.7 Å². The highest BCUT2D eigenvalue weighted by Gasteiger charge is 2.17. The van der Waals surface area contributed by atoms with Crippen LogP contribution in [0.1, 0.15) is 22.0 Å². The molecule has 102 valence electrons. The van der Waals surface area contributed by atoms with E-state index < -0.39 is 18.0 Å². The molecule has 5 nitrogen and oxygen atoms in total. The number of esters is 1. The number of aliphatic hydroxyl groups is 1. The molecule has 2 aromatic carbocycles. The molecule has 0 aliphatic rings. The Morgan fingerprint density at radius 1 is 1.00 bits per heavy atom. The van der Waals surface area contributed by atoms with Crippen LogP contribution in [0.2, 0.25) is 0 Å². The normalized spacial score (nSPS) is 11.7. The molecular weight excluding hydrogens is 260 g/mol. The molecular formula is C15H12O5. The molecule has 0 aromatic heterocycles. The molecule has 2 rings (SSSR count). The fourth-order valence-corrected chi connectivity index (χ4v) is 1.63. The van der Waals surface area contributed by atoms with Crippen molar-refractivity contribution in [3.63, 3.8) is 0 Å². The minimum atomic E-state index is -1.65. The summed E-state index contributed by atoms with van der Waals surface area (Å²) in [5, 5.41) is 18.2. The second kappa shape index (κ2) is 5.99. The summed E-state index contributed by atoms with van der Waals surface area (Å²) in [5.41, 5.74) is 0.535. The Morgan fingerprint density at radius 3 is 2.35 bits per heavy atom. The largest absolute Gasteiger partial charge is 0.479 e. The van der Waals surface area contributed by atoms with E-state index in [0.29, 0.717) is 5.56 Å². The van der Waals surface area contributed by atoms with Gasteiger partial charge in [-0.25, -0.2) is 9.59 Å². The van der Waals surface area contributed by atoms with E-state index in [2.05, 4.69) is 0 Å². The number of carboxylic acid groups (broad SMARTS) is 1. The summed E-state index contributed by atoms with van der Waals surface area (Å²) in [7, 11) is 0. The Morgan fingerprint density at radius 2 is 1.70 bits per heavy atom. The predicted molar refractivity (Wildman–Crippen MR) is 70.4 cm³/mol. The summed E-state index contributed by atoms with van der Waals surface area (Å²) in [6, 6.07) is 14.2. The molecule has 0 fully saturated rings. The second-order valence-electron chi connectivity index (χ2n) is 4.07. The molecule has 0 radical (unpaired) electrons. The van der Waals surface area contributed by atoms with Gasteiger partial charge in [0, 0.05) is 0 Å². The summed E-state index contributed by atoms with van der Waals surface area (Å²) in [4.78, 5) is 22.5. The van der Waals surface area contributed by atoms with Gasteiger partial charge in [-0.05, 0) is 29.8 Å². The molecule has 0 bridgehead atoms. The first-order valence-electron chi connectivity index (χ1n) is 5.86. The van der Waals surface area contributed by atoms with Crippen molar-refractivity contribution >= 4 is 11.9 Å². The van der Waals surface area contributed by atoms with Crippen LogP contribution < -0.4 is 4.74 Å². The van der Waals surface area contributed by atoms with Gasteiger partial charge in [-0.15, -0.1) is 0 Å². The number of hydrogen-bond donors (Lipinski definition) is 2. The fourth-order valence-electron chi connectivity index (χ4n) is 1.63. The number of benzene rings is 2. The van der Waals surface area contributed by atoms with E-state index >= 15 is 0 Å². The number of aliphatic carboxylic acids is 1. The minimum Gasteiger partial charge on any atom is -0.479 e. The maximum Gasteiger partial charge on any atom is 0.343 e. The van der Waals surface area contributed by atoms with Crippen molar-refractivity contribution in [1.29, 1.82) is 0 Å². The van der Waals surface area contributed by atoms with Gasteiger partial charge in [-0.2, -0.15) is 0 Å². The van der Waals surface area contributed by atoms with Crippen LogP contribution in [0.5, 0.6) is 5.75 Å². The molecule has 1 unspecified atom stereocenters. The van der Waals surface area contributed by atoms with Crippen molar-refractivity contribution in [2.75, 3.05) is 0 Å². The van der Waals surface area contributed by atoms with Gasteiger partial charge in [0.25, 0.3) is 0 Å². The number of aliphatic hydroxyl groups excluding tert-OH is 1. The number of rotatable bonds is 4. The monoisotopic (exact) mass is 272 g/mol. The average Bonchev–Trinajstić information content (AvgIpc) is 2.47. The average molecular weight is 272 g/mol. The highest BCUT2D eigenvalue weighted by molar-refractivity contribution is 5.91. The van der Waals surface area contributed by atoms with Crippen LogP contribution in [0.3, 0.4) is 0 Å². The lowest BCUT2D eigenvalue weighted by Crippen LogP contribution is -2.12. The summed E-state index contributed by atoms with van der Waals surface area (Å²) in [6.45, 7) is 0. The third kappa shape index (κ3) is 3.21. The first kappa shape index (κ1) is 13.8. The van der Waals surface area contributed by atoms with Crippen LogP contribution in [0.25, 0.3) is 0 Å². The third-order valence-corrected chi connectivity index (χ3v) is 2.63. The lowest BCUT2D eigenvalue weighted by molar-refractivity contribution is -0.146. The van der Waals surface area contributed by atoms with Crippen LogP contribution in [0.4, 0.5) is 0 Å². The quantitative estimate of drug-likeness (QED) is 0.657. The Hall–Kier alpha value is -2.66. The van der Waals surface area contributed by atoms with Crippen LogP contribution in [-0.4, -0.2) is 22.2 Å². The molecule has 0 saturated heterocycles. The Balaban J connectivity index is 2.16. The SMILES string of the molecule is O=C(Oc1cccc(C(O)C(=O)O)c1)c1ccccc1. The fraction of sp³-hybridized carbons (Fsp3) is 0.0667. The number of carboxylic acids is 1. The Labute approximate surface area is 115 Å². The van der Waals surface area contributed by atoms with Crippen molar-refractivity contribution in [1.82, 2.24) is 0 Å². The van der Waals surface area contributed by atoms with Crippen LogP contribution >= 0.6 is 0 Å². The van der Waals surface area contributed by atoms with Crippen molar-refractivity contribution in [2.24, 2.45) is 0 Å². The van der Waals surface area contributed by atoms with Gasteiger partial charge in [0.05, 0.1) is 5.56 Å². The molecule has 0 heterocycles. The zero-order valence-corrected chi connectivity index (χ0v) is 10.4. The zero-order chi connectivity index (χ0) is 14.5. The zero-order valence-electron chi connectivity index (χ0n) is 10.4. The summed E-state index contributed by atoms with van der Waals surface area (Å²) < 4.78 is 5.13. The van der Waals surface area contributed by atoms with Crippen molar-refractivity contribution < 1.29 is 24.5 Å². The Bertz CT molecular complexity index is 621. The first-order chi connectivity index (χ1) is 9.58. The number of carbonyl (C=O) groups excluding carboxylic acids is 1. The predicted octanol–water partition coefficient (Wildman–Crippen LogP) is 2.02. The molecule has 20 heavy (non-hydrogen) atoms. The second-order valence-corrected chi connectivity index (χ2v) is 4.07. The summed E-state index contributed by atoms with van der Waals surface area (Å²) in [6.07, 6.45) is -1.65. The molecule has 0 saturated carbocycles. The molecule has 0 aliphatic carbocycles. The van der Waals surface area contributed by atoms with E-state index in [1.165, 1.54) is 24.3 Å². The topological polar surface area (TPSA) is 83.8 Å². The van der Waals surface area contributed by atoms with Crippen LogP contribution in [0.15, 0.2) is 54.6 Å². The van der Waals surface area contributed by atoms with Gasteiger partial charge >= 0.3 is 11.9 Å². The molecule has 2 aromatic rings. The van der Waals surface area contributed by atoms with E-state index in [0.717, 1.165) is 0 Å².